The molecule has 2 aliphatic rings. The molecule has 0 aliphatic carbocycles. The van der Waals surface area contributed by atoms with E-state index in [2.05, 4.69) is 10.3 Å². The van der Waals surface area contributed by atoms with Crippen LogP contribution in [0, 0.1) is 75.0 Å². The molecule has 2 N–H and O–H groups in total. The smallest absolute Gasteiger partial charge is 0.512 e. The van der Waals surface area contributed by atoms with Crippen molar-refractivity contribution in [2.45, 2.75) is 84.2 Å². The molecule has 3 aromatic rings. The summed E-state index contributed by atoms with van der Waals surface area (Å²) in [6.45, 7) is 11.6. The minimum absolute atomic E-state index is 0. The van der Waals surface area contributed by atoms with Gasteiger partial charge in [0.25, 0.3) is 0 Å². The third-order valence-electron chi connectivity index (χ3n) is 9.76. The van der Waals surface area contributed by atoms with Crippen molar-refractivity contribution in [1.29, 1.82) is 5.26 Å². The number of nitrogens with zero attached hydrogens (tertiary/aromatic N) is 2. The van der Waals surface area contributed by atoms with E-state index in [-0.39, 0.29) is 160 Å². The number of halogens is 10. The van der Waals surface area contributed by atoms with Crippen LogP contribution in [0.5, 0.6) is 0 Å². The molecule has 4 atom stereocenters. The Morgan fingerprint density at radius 2 is 1.20 bits per heavy atom. The van der Waals surface area contributed by atoms with Crippen molar-refractivity contribution in [3.8, 4) is 0 Å². The van der Waals surface area contributed by atoms with Crippen molar-refractivity contribution in [3.05, 3.63) is 92.5 Å². The molecule has 0 amide bonds. The first-order valence-electron chi connectivity index (χ1n) is 18.8. The van der Waals surface area contributed by atoms with Gasteiger partial charge in [0.1, 0.15) is 0 Å². The van der Waals surface area contributed by atoms with E-state index >= 15 is 0 Å². The second-order valence-electron chi connectivity index (χ2n) is 13.4. The molecule has 3 heterocycles. The Kier molecular flexibility index (Phi) is 33.0. The number of rotatable bonds is 14. The van der Waals surface area contributed by atoms with Gasteiger partial charge in [0.2, 0.25) is 0 Å². The minimum Gasteiger partial charge on any atom is -0.512 e. The summed E-state index contributed by atoms with van der Waals surface area (Å²) < 4.78 is 127. The molecule has 0 radical (unpaired) electrons. The van der Waals surface area contributed by atoms with Crippen molar-refractivity contribution >= 4 is 80.4 Å². The summed E-state index contributed by atoms with van der Waals surface area (Å²) in [6, 6.07) is -0.647. The number of hydrogen-bond donors (Lipinski definition) is 2. The Bertz CT molecular complexity index is 2170. The van der Waals surface area contributed by atoms with Crippen LogP contribution in [0.1, 0.15) is 81.3 Å². The number of nitrogens with one attached hydrogen (secondary N) is 2. The Hall–Kier alpha value is -3.21. The third kappa shape index (κ3) is 17.1. The molecule has 1 saturated heterocycles. The predicted molar refractivity (Wildman–Crippen MR) is 224 cm³/mol. The van der Waals surface area contributed by atoms with E-state index in [0.717, 1.165) is 0 Å². The van der Waals surface area contributed by atoms with Gasteiger partial charge in [-0.3, -0.25) is 19.2 Å². The molecule has 2 unspecified atom stereocenters. The average Bonchev–Trinajstić information content (AvgIpc) is 3.97. The van der Waals surface area contributed by atoms with E-state index < -0.39 is 112 Å². The van der Waals surface area contributed by atoms with Crippen LogP contribution in [0.15, 0.2) is 12.1 Å². The van der Waals surface area contributed by atoms with Crippen LogP contribution in [-0.4, -0.2) is 71.8 Å². The zero-order valence-electron chi connectivity index (χ0n) is 36.0. The standard InChI is InChI=1S/C19H20F4N2O2S.C19H21F4NO5.CN.CO2.2ClH.K.H2S/c1-3-9(18(26)27-4-2)5-13-14-6-10(8-25(14)19(28)24-13)15-16(22)11(20)7-12(21)17(15)23;1-3-28-18(26)10(19(27)29-4-2)6-14(25)13-5-9(8-24-13)15-16(22)11(20)7-12(21)17(15)23;1-2;2-1-3;;;;/h7,9-10H,3-6,8H2,1-2H3,(H,24,28);7,9-10,13,24H,3-6,8H2,1-2H3;;;2*1H;;1H2/q;;-1;;;;+1;/p+1/t9?,10-;9-,13?;;;;;;/m00....../s1. The molecule has 0 bridgehead atoms. The molecule has 66 heavy (non-hydrogen) atoms. The molecule has 1 aromatic heterocycles. The number of fused-ring (bicyclic) bond motifs is 1. The van der Waals surface area contributed by atoms with Gasteiger partial charge in [-0.25, -0.2) is 35.1 Å². The fraction of sp³-hybridized carbons (Fsp3) is 0.475. The third-order valence-corrected chi connectivity index (χ3v) is 10.1. The minimum atomic E-state index is -1.53. The summed E-state index contributed by atoms with van der Waals surface area (Å²) in [5.41, 5.74) is -0.0390. The van der Waals surface area contributed by atoms with E-state index in [1.807, 2.05) is 6.92 Å². The second kappa shape index (κ2) is 32.5. The summed E-state index contributed by atoms with van der Waals surface area (Å²) in [7, 11) is 0. The van der Waals surface area contributed by atoms with Crippen molar-refractivity contribution in [2.75, 3.05) is 26.4 Å². The number of aromatic amines is 1. The second-order valence-corrected chi connectivity index (χ2v) is 13.8. The maximum atomic E-state index is 14.2. The number of ether oxygens (including phenoxy) is 3. The number of benzene rings is 2. The molecule has 13 nitrogen and oxygen atoms in total. The maximum Gasteiger partial charge on any atom is 1.00 e. The van der Waals surface area contributed by atoms with Crippen molar-refractivity contribution < 1.29 is 129 Å². The molecule has 26 heteroatoms. The number of aromatic nitrogens is 2. The Morgan fingerprint density at radius 1 is 0.788 bits per heavy atom. The maximum absolute atomic E-state index is 14.2. The summed E-state index contributed by atoms with van der Waals surface area (Å²) in [6.07, 6.45) is 0.583. The van der Waals surface area contributed by atoms with Crippen molar-refractivity contribution in [2.24, 2.45) is 11.8 Å². The number of Topliss-reactive ketones (excluding diaryl/α,β-unsaturated/α-hetero) is 1. The van der Waals surface area contributed by atoms with Crippen LogP contribution in [0.2, 0.25) is 0 Å². The first kappa shape index (κ1) is 67.1. The first-order chi connectivity index (χ1) is 29.4. The van der Waals surface area contributed by atoms with Crippen LogP contribution in [0.25, 0.3) is 0 Å². The topological polar surface area (TPSA) is 187 Å². The van der Waals surface area contributed by atoms with Crippen LogP contribution in [0.4, 0.5) is 35.1 Å². The number of imidazole rings is 1. The zero-order chi connectivity index (χ0) is 47.0. The van der Waals surface area contributed by atoms with Gasteiger partial charge in [-0.05, 0) is 52.3 Å². The summed E-state index contributed by atoms with van der Waals surface area (Å²) in [5, 5.41) is 8.96. The quantitative estimate of drug-likeness (QED) is 0.0276. The van der Waals surface area contributed by atoms with E-state index in [0.29, 0.717) is 29.0 Å². The number of carbonyl (C=O) groups is 4. The molecule has 1 fully saturated rings. The SMILES string of the molecule is CCOC(=O)C(CC(=O)C1C[C@H](c2c(F)c(F)cc(F)c2F)CN1)C(=O)OCC.CCOC(=O)C(CC)Cc1[nH]c(=S)n2c1C[C@H](c1c(F)c(F)cc(F)c1F)C2.Cl.Cl.O=C=O.[C-]#N.[K+].[SH3+]. The van der Waals surface area contributed by atoms with Gasteiger partial charge in [0.15, 0.2) is 63.0 Å². The summed E-state index contributed by atoms with van der Waals surface area (Å²) in [5.74, 6) is -18.1. The van der Waals surface area contributed by atoms with Gasteiger partial charge in [0.05, 0.1) is 31.8 Å². The van der Waals surface area contributed by atoms with Crippen LogP contribution < -0.4 is 56.7 Å². The number of carbonyl (C=O) groups excluding carboxylic acids is 6. The Morgan fingerprint density at radius 3 is 1.61 bits per heavy atom. The molecular formula is C40H46Cl2F8KN4O9S2+. The zero-order valence-corrected chi connectivity index (χ0v) is 42.7. The fourth-order valence-corrected chi connectivity index (χ4v) is 7.26. The molecule has 2 aliphatic heterocycles. The number of hydrogen-bond acceptors (Lipinski definition) is 12. The van der Waals surface area contributed by atoms with E-state index in [1.165, 1.54) is 13.8 Å². The number of esters is 3. The summed E-state index contributed by atoms with van der Waals surface area (Å²) in [4.78, 5) is 67.9. The van der Waals surface area contributed by atoms with Gasteiger partial charge in [0, 0.05) is 72.4 Å². The van der Waals surface area contributed by atoms with Gasteiger partial charge in [-0.1, -0.05) is 20.4 Å². The van der Waals surface area contributed by atoms with E-state index in [1.54, 1.807) is 11.5 Å². The van der Waals surface area contributed by atoms with Crippen molar-refractivity contribution in [1.82, 2.24) is 14.9 Å². The van der Waals surface area contributed by atoms with Crippen LogP contribution in [0.3, 0.4) is 0 Å². The number of H-pyrrole nitrogens is 1. The Balaban J connectivity index is -0.00000104. The molecule has 5 rings (SSSR count). The number of ketones is 1. The largest absolute Gasteiger partial charge is 1.00 e. The van der Waals surface area contributed by atoms with E-state index in [9.17, 15) is 54.3 Å². The van der Waals surface area contributed by atoms with Gasteiger partial charge in [-0.15, -0.1) is 24.8 Å². The summed E-state index contributed by atoms with van der Waals surface area (Å²) >= 11 is 5.28. The predicted octanol–water partition coefficient (Wildman–Crippen LogP) is 3.52. The van der Waals surface area contributed by atoms with Crippen LogP contribution in [-0.2, 0) is 75.9 Å². The molecular weight excluding hydrogens is 1010 g/mol. The Labute approximate surface area is 441 Å². The molecule has 0 saturated carbocycles. The normalized spacial score (nSPS) is 15.5. The average molecular weight is 1050 g/mol. The fourth-order valence-electron chi connectivity index (χ4n) is 6.96. The van der Waals surface area contributed by atoms with Gasteiger partial charge in [-0.2, -0.15) is 9.59 Å². The molecule has 2 aromatic carbocycles. The molecule has 0 spiro atoms. The van der Waals surface area contributed by atoms with Gasteiger partial charge >= 0.3 is 75.4 Å². The van der Waals surface area contributed by atoms with E-state index in [4.69, 9.17) is 47.9 Å². The van der Waals surface area contributed by atoms with Crippen molar-refractivity contribution in [3.63, 3.8) is 0 Å². The van der Waals surface area contributed by atoms with Gasteiger partial charge < -0.3 is 40.9 Å². The monoisotopic (exact) mass is 1050 g/mol. The molecule has 362 valence electrons. The first-order valence-corrected chi connectivity index (χ1v) is 19.2. The van der Waals surface area contributed by atoms with Crippen LogP contribution >= 0.6 is 37.0 Å².